The highest BCUT2D eigenvalue weighted by Gasteiger charge is 2.31. The van der Waals surface area contributed by atoms with Crippen LogP contribution in [0.15, 0.2) is 42.6 Å². The predicted octanol–water partition coefficient (Wildman–Crippen LogP) is 4.94. The summed E-state index contributed by atoms with van der Waals surface area (Å²) in [4.78, 5) is 31.7. The Balaban J connectivity index is 1.33. The molecule has 2 heterocycles. The van der Waals surface area contributed by atoms with Gasteiger partial charge in [0.05, 0.1) is 16.3 Å². The molecule has 31 heavy (non-hydrogen) atoms. The normalized spacial score (nSPS) is 19.7. The molecule has 7 nitrogen and oxygen atoms in total. The summed E-state index contributed by atoms with van der Waals surface area (Å²) < 4.78 is 5.65. The first-order valence-corrected chi connectivity index (χ1v) is 11.2. The summed E-state index contributed by atoms with van der Waals surface area (Å²) in [7, 11) is 0. The number of amides is 2. The lowest BCUT2D eigenvalue weighted by molar-refractivity contribution is 0.102. The molecule has 0 unspecified atom stereocenters. The number of pyridine rings is 1. The Morgan fingerprint density at radius 2 is 1.84 bits per heavy atom. The van der Waals surface area contributed by atoms with Crippen LogP contribution in [0.2, 0.25) is 5.02 Å². The van der Waals surface area contributed by atoms with Crippen molar-refractivity contribution in [3.05, 3.63) is 53.2 Å². The van der Waals surface area contributed by atoms with E-state index in [1.165, 1.54) is 38.3 Å². The van der Waals surface area contributed by atoms with E-state index in [0.29, 0.717) is 28.1 Å². The van der Waals surface area contributed by atoms with Crippen LogP contribution in [0.25, 0.3) is 0 Å². The molecule has 2 N–H and O–H groups in total. The molecule has 0 spiro atoms. The Labute approximate surface area is 187 Å². The van der Waals surface area contributed by atoms with Crippen molar-refractivity contribution in [2.75, 3.05) is 23.7 Å². The number of para-hydroxylation sites is 1. The van der Waals surface area contributed by atoms with Crippen LogP contribution < -0.4 is 10.6 Å². The van der Waals surface area contributed by atoms with E-state index in [1.54, 1.807) is 36.4 Å². The van der Waals surface area contributed by atoms with E-state index in [4.69, 9.17) is 16.3 Å². The number of nitrogens with one attached hydrogen (secondary N) is 2. The van der Waals surface area contributed by atoms with Crippen LogP contribution in [0.4, 0.5) is 16.3 Å². The van der Waals surface area contributed by atoms with Crippen molar-refractivity contribution in [1.82, 2.24) is 9.88 Å². The summed E-state index contributed by atoms with van der Waals surface area (Å²) in [6.45, 7) is 1.75. The fourth-order valence-corrected chi connectivity index (χ4v) is 4.45. The zero-order valence-corrected chi connectivity index (χ0v) is 18.1. The monoisotopic (exact) mass is 442 g/mol. The second-order valence-corrected chi connectivity index (χ2v) is 8.53. The lowest BCUT2D eigenvalue weighted by Gasteiger charge is -2.30. The Bertz CT molecular complexity index is 915. The van der Waals surface area contributed by atoms with Crippen LogP contribution in [-0.4, -0.2) is 47.1 Å². The molecule has 0 bridgehead atoms. The lowest BCUT2D eigenvalue weighted by atomic mass is 9.94. The van der Waals surface area contributed by atoms with Gasteiger partial charge in [0.15, 0.2) is 0 Å². The summed E-state index contributed by atoms with van der Waals surface area (Å²) in [5.41, 5.74) is 0.715. The van der Waals surface area contributed by atoms with Gasteiger partial charge in [0.1, 0.15) is 11.9 Å². The molecule has 1 aliphatic heterocycles. The summed E-state index contributed by atoms with van der Waals surface area (Å²) in [6, 6.07) is 10.7. The number of carbonyl (C=O) groups is 2. The Kier molecular flexibility index (Phi) is 7.04. The van der Waals surface area contributed by atoms with Gasteiger partial charge in [-0.3, -0.25) is 15.0 Å². The van der Waals surface area contributed by atoms with Crippen molar-refractivity contribution in [3.63, 3.8) is 0 Å². The fraction of sp³-hybridized carbons (Fsp3) is 0.435. The average Bonchev–Trinajstić information content (AvgIpc) is 3.24. The van der Waals surface area contributed by atoms with Gasteiger partial charge in [-0.15, -0.1) is 0 Å². The maximum atomic E-state index is 12.7. The third kappa shape index (κ3) is 5.74. The molecular weight excluding hydrogens is 416 g/mol. The van der Waals surface area contributed by atoms with E-state index in [-0.39, 0.29) is 12.0 Å². The van der Waals surface area contributed by atoms with Crippen LogP contribution in [0.3, 0.4) is 0 Å². The number of likely N-dealkylation sites (tertiary alicyclic amines) is 1. The zero-order chi connectivity index (χ0) is 21.6. The van der Waals surface area contributed by atoms with Gasteiger partial charge in [0.2, 0.25) is 0 Å². The highest BCUT2D eigenvalue weighted by molar-refractivity contribution is 6.30. The van der Waals surface area contributed by atoms with Crippen LogP contribution in [0.1, 0.15) is 48.9 Å². The average molecular weight is 443 g/mol. The molecule has 1 aromatic heterocycles. The minimum atomic E-state index is -0.541. The smallest absolute Gasteiger partial charge is 0.411 e. The van der Waals surface area contributed by atoms with E-state index >= 15 is 0 Å². The zero-order valence-electron chi connectivity index (χ0n) is 17.4. The molecule has 2 amide bonds. The summed E-state index contributed by atoms with van der Waals surface area (Å²) in [5.74, 6) is -0.00407. The Hall–Kier alpha value is -2.64. The lowest BCUT2D eigenvalue weighted by Crippen LogP contribution is -2.36. The van der Waals surface area contributed by atoms with Crippen molar-refractivity contribution >= 4 is 35.1 Å². The molecule has 4 rings (SSSR count). The number of aromatic nitrogens is 1. The first kappa shape index (κ1) is 21.6. The predicted molar refractivity (Wildman–Crippen MR) is 121 cm³/mol. The van der Waals surface area contributed by atoms with Gasteiger partial charge in [-0.1, -0.05) is 43.0 Å². The van der Waals surface area contributed by atoms with Gasteiger partial charge in [-0.05, 0) is 43.5 Å². The molecule has 2 aromatic rings. The van der Waals surface area contributed by atoms with Gasteiger partial charge in [-0.25, -0.2) is 9.78 Å². The van der Waals surface area contributed by atoms with Crippen molar-refractivity contribution in [2.24, 2.45) is 0 Å². The molecule has 1 aliphatic carbocycles. The third-order valence-corrected chi connectivity index (χ3v) is 6.14. The van der Waals surface area contributed by atoms with Crippen LogP contribution in [0, 0.1) is 0 Å². The molecule has 2 fully saturated rings. The SMILES string of the molecule is O=C(Nc1ccccc1C(=O)Nc1ccc(Cl)cn1)O[C@@H]1CCN(C2CCCCC2)C1. The van der Waals surface area contributed by atoms with Gasteiger partial charge in [0.25, 0.3) is 5.91 Å². The van der Waals surface area contributed by atoms with E-state index in [9.17, 15) is 9.59 Å². The van der Waals surface area contributed by atoms with Gasteiger partial charge in [-0.2, -0.15) is 0 Å². The number of benzene rings is 1. The highest BCUT2D eigenvalue weighted by atomic mass is 35.5. The Morgan fingerprint density at radius 3 is 2.61 bits per heavy atom. The molecule has 2 aliphatic rings. The van der Waals surface area contributed by atoms with Crippen molar-refractivity contribution in [1.29, 1.82) is 0 Å². The van der Waals surface area contributed by atoms with Crippen molar-refractivity contribution in [3.8, 4) is 0 Å². The topological polar surface area (TPSA) is 83.6 Å². The number of halogens is 1. The van der Waals surface area contributed by atoms with E-state index < -0.39 is 6.09 Å². The van der Waals surface area contributed by atoms with E-state index in [1.807, 2.05) is 0 Å². The molecule has 1 saturated heterocycles. The minimum absolute atomic E-state index is 0.124. The second-order valence-electron chi connectivity index (χ2n) is 8.09. The molecule has 1 saturated carbocycles. The summed E-state index contributed by atoms with van der Waals surface area (Å²) in [6.07, 6.45) is 8.02. The minimum Gasteiger partial charge on any atom is -0.445 e. The number of hydrogen-bond acceptors (Lipinski definition) is 5. The molecule has 8 heteroatoms. The summed E-state index contributed by atoms with van der Waals surface area (Å²) in [5, 5.41) is 5.92. The summed E-state index contributed by atoms with van der Waals surface area (Å²) >= 11 is 5.83. The van der Waals surface area contributed by atoms with Crippen molar-refractivity contribution < 1.29 is 14.3 Å². The molecule has 1 atom stereocenters. The Morgan fingerprint density at radius 1 is 1.03 bits per heavy atom. The maximum Gasteiger partial charge on any atom is 0.411 e. The second kappa shape index (κ2) is 10.1. The van der Waals surface area contributed by atoms with E-state index in [2.05, 4.69) is 20.5 Å². The molecular formula is C23H27ClN4O3. The first-order valence-electron chi connectivity index (χ1n) is 10.8. The molecule has 1 aromatic carbocycles. The largest absolute Gasteiger partial charge is 0.445 e. The van der Waals surface area contributed by atoms with Gasteiger partial charge >= 0.3 is 6.09 Å². The standard InChI is InChI=1S/C23H27ClN4O3/c24-16-10-11-21(25-14-16)27-22(29)19-8-4-5-9-20(19)26-23(30)31-18-12-13-28(15-18)17-6-2-1-3-7-17/h4-5,8-11,14,17-18H,1-3,6-7,12-13,15H2,(H,26,30)(H,25,27,29)/t18-/m1/s1. The maximum absolute atomic E-state index is 12.7. The number of ether oxygens (including phenoxy) is 1. The number of hydrogen-bond donors (Lipinski definition) is 2. The van der Waals surface area contributed by atoms with Gasteiger partial charge in [0, 0.05) is 25.3 Å². The number of anilines is 2. The first-order chi connectivity index (χ1) is 15.1. The van der Waals surface area contributed by atoms with Crippen molar-refractivity contribution in [2.45, 2.75) is 50.7 Å². The number of rotatable bonds is 5. The molecule has 0 radical (unpaired) electrons. The number of nitrogens with zero attached hydrogens (tertiary/aromatic N) is 2. The third-order valence-electron chi connectivity index (χ3n) is 5.92. The van der Waals surface area contributed by atoms with Crippen LogP contribution in [-0.2, 0) is 4.74 Å². The van der Waals surface area contributed by atoms with Crippen LogP contribution in [0.5, 0.6) is 0 Å². The van der Waals surface area contributed by atoms with E-state index in [0.717, 1.165) is 19.5 Å². The quantitative estimate of drug-likeness (QED) is 0.685. The van der Waals surface area contributed by atoms with Crippen LogP contribution >= 0.6 is 11.6 Å². The fourth-order valence-electron chi connectivity index (χ4n) is 4.34. The molecule has 164 valence electrons. The number of carbonyl (C=O) groups excluding carboxylic acids is 2. The van der Waals surface area contributed by atoms with Gasteiger partial charge < -0.3 is 10.1 Å². The highest BCUT2D eigenvalue weighted by Crippen LogP contribution is 2.27.